The molecule has 4 rings (SSSR count). The van der Waals surface area contributed by atoms with Crippen LogP contribution in [0.15, 0.2) is 60.9 Å². The normalized spacial score (nSPS) is 15.5. The SMILES string of the molecule is CCc1ccc(NC(=O)c2cnc(N3c4ccccc4CC3C)cn2)cc1. The highest BCUT2D eigenvalue weighted by molar-refractivity contribution is 6.02. The lowest BCUT2D eigenvalue weighted by Crippen LogP contribution is -2.25. The summed E-state index contributed by atoms with van der Waals surface area (Å²) in [6, 6.07) is 16.5. The van der Waals surface area contributed by atoms with E-state index in [-0.39, 0.29) is 5.91 Å². The van der Waals surface area contributed by atoms with Crippen molar-refractivity contribution in [3.8, 4) is 0 Å². The Labute approximate surface area is 159 Å². The minimum atomic E-state index is -0.256. The Balaban J connectivity index is 1.51. The molecule has 1 N–H and O–H groups in total. The molecule has 136 valence electrons. The number of hydrogen-bond acceptors (Lipinski definition) is 4. The molecular formula is C22H22N4O. The molecule has 3 aromatic rings. The second-order valence-electron chi connectivity index (χ2n) is 6.82. The monoisotopic (exact) mass is 358 g/mol. The van der Waals surface area contributed by atoms with Crippen molar-refractivity contribution in [2.24, 2.45) is 0 Å². The zero-order chi connectivity index (χ0) is 18.8. The highest BCUT2D eigenvalue weighted by Crippen LogP contribution is 2.36. The molecular weight excluding hydrogens is 336 g/mol. The summed E-state index contributed by atoms with van der Waals surface area (Å²) < 4.78 is 0. The lowest BCUT2D eigenvalue weighted by molar-refractivity contribution is 0.102. The van der Waals surface area contributed by atoms with Crippen LogP contribution >= 0.6 is 0 Å². The minimum absolute atomic E-state index is 0.256. The summed E-state index contributed by atoms with van der Waals surface area (Å²) in [4.78, 5) is 23.5. The van der Waals surface area contributed by atoms with E-state index in [1.54, 1.807) is 12.4 Å². The lowest BCUT2D eigenvalue weighted by Gasteiger charge is -2.23. The molecule has 0 radical (unpaired) electrons. The van der Waals surface area contributed by atoms with E-state index in [0.29, 0.717) is 11.7 Å². The average molecular weight is 358 g/mol. The van der Waals surface area contributed by atoms with E-state index in [9.17, 15) is 4.79 Å². The van der Waals surface area contributed by atoms with E-state index >= 15 is 0 Å². The third-order valence-corrected chi connectivity index (χ3v) is 4.94. The number of para-hydroxylation sites is 1. The molecule has 5 heteroatoms. The number of amides is 1. The summed E-state index contributed by atoms with van der Waals surface area (Å²) in [7, 11) is 0. The molecule has 0 saturated heterocycles. The first-order valence-corrected chi connectivity index (χ1v) is 9.25. The molecule has 1 aromatic heterocycles. The highest BCUT2D eigenvalue weighted by Gasteiger charge is 2.27. The molecule has 1 aliphatic heterocycles. The fraction of sp³-hybridized carbons (Fsp3) is 0.227. The van der Waals surface area contributed by atoms with Crippen LogP contribution in [0, 0.1) is 0 Å². The van der Waals surface area contributed by atoms with Crippen molar-refractivity contribution in [2.45, 2.75) is 32.7 Å². The Hall–Kier alpha value is -3.21. The number of aryl methyl sites for hydroxylation is 1. The van der Waals surface area contributed by atoms with E-state index in [2.05, 4.69) is 52.2 Å². The number of carbonyl (C=O) groups is 1. The number of hydrogen-bond donors (Lipinski definition) is 1. The zero-order valence-electron chi connectivity index (χ0n) is 15.5. The van der Waals surface area contributed by atoms with Gasteiger partial charge in [0.25, 0.3) is 5.91 Å². The third-order valence-electron chi connectivity index (χ3n) is 4.94. The van der Waals surface area contributed by atoms with Gasteiger partial charge in [0, 0.05) is 17.4 Å². The first-order chi connectivity index (χ1) is 13.2. The topological polar surface area (TPSA) is 58.1 Å². The summed E-state index contributed by atoms with van der Waals surface area (Å²) in [6.45, 7) is 4.27. The van der Waals surface area contributed by atoms with Gasteiger partial charge in [0.1, 0.15) is 5.69 Å². The molecule has 1 atom stereocenters. The number of aromatic nitrogens is 2. The molecule has 27 heavy (non-hydrogen) atoms. The van der Waals surface area contributed by atoms with Gasteiger partial charge in [-0.1, -0.05) is 37.3 Å². The van der Waals surface area contributed by atoms with Gasteiger partial charge in [-0.15, -0.1) is 0 Å². The van der Waals surface area contributed by atoms with Gasteiger partial charge >= 0.3 is 0 Å². The lowest BCUT2D eigenvalue weighted by atomic mass is 10.1. The quantitative estimate of drug-likeness (QED) is 0.752. The predicted octanol–water partition coefficient (Wildman–Crippen LogP) is 4.37. The Morgan fingerprint density at radius 3 is 2.59 bits per heavy atom. The Morgan fingerprint density at radius 1 is 1.11 bits per heavy atom. The van der Waals surface area contributed by atoms with Crippen LogP contribution in [0.1, 0.15) is 35.5 Å². The van der Waals surface area contributed by atoms with Crippen LogP contribution < -0.4 is 10.2 Å². The number of nitrogens with one attached hydrogen (secondary N) is 1. The van der Waals surface area contributed by atoms with Gasteiger partial charge in [-0.25, -0.2) is 9.97 Å². The second kappa shape index (κ2) is 7.19. The molecule has 1 amide bonds. The van der Waals surface area contributed by atoms with Crippen molar-refractivity contribution in [1.29, 1.82) is 0 Å². The molecule has 5 nitrogen and oxygen atoms in total. The van der Waals surface area contributed by atoms with Crippen molar-refractivity contribution in [3.05, 3.63) is 77.7 Å². The first kappa shape index (κ1) is 17.2. The van der Waals surface area contributed by atoms with Crippen LogP contribution in [0.4, 0.5) is 17.2 Å². The van der Waals surface area contributed by atoms with Gasteiger partial charge < -0.3 is 10.2 Å². The molecule has 1 aliphatic rings. The van der Waals surface area contributed by atoms with Crippen molar-refractivity contribution < 1.29 is 4.79 Å². The van der Waals surface area contributed by atoms with Crippen molar-refractivity contribution in [1.82, 2.24) is 9.97 Å². The van der Waals surface area contributed by atoms with Crippen LogP contribution in [-0.4, -0.2) is 21.9 Å². The standard InChI is InChI=1S/C22H22N4O/c1-3-16-8-10-18(11-9-16)25-22(27)19-13-24-21(14-23-19)26-15(2)12-17-6-4-5-7-20(17)26/h4-11,13-15H,3,12H2,1-2H3,(H,25,27). The van der Waals surface area contributed by atoms with E-state index < -0.39 is 0 Å². The van der Waals surface area contributed by atoms with Gasteiger partial charge in [-0.2, -0.15) is 0 Å². The van der Waals surface area contributed by atoms with Crippen molar-refractivity contribution in [3.63, 3.8) is 0 Å². The highest BCUT2D eigenvalue weighted by atomic mass is 16.1. The predicted molar refractivity (Wildman–Crippen MR) is 108 cm³/mol. The number of carbonyl (C=O) groups excluding carboxylic acids is 1. The number of rotatable bonds is 4. The molecule has 0 bridgehead atoms. The van der Waals surface area contributed by atoms with Gasteiger partial charge in [-0.05, 0) is 49.1 Å². The summed E-state index contributed by atoms with van der Waals surface area (Å²) in [5.41, 5.74) is 4.76. The third kappa shape index (κ3) is 3.40. The smallest absolute Gasteiger partial charge is 0.275 e. The summed E-state index contributed by atoms with van der Waals surface area (Å²) >= 11 is 0. The zero-order valence-corrected chi connectivity index (χ0v) is 15.5. The first-order valence-electron chi connectivity index (χ1n) is 9.25. The minimum Gasteiger partial charge on any atom is -0.322 e. The van der Waals surface area contributed by atoms with E-state index in [1.807, 2.05) is 30.3 Å². The maximum Gasteiger partial charge on any atom is 0.275 e. The van der Waals surface area contributed by atoms with Gasteiger partial charge in [-0.3, -0.25) is 4.79 Å². The molecule has 2 aromatic carbocycles. The van der Waals surface area contributed by atoms with E-state index in [4.69, 9.17) is 0 Å². The summed E-state index contributed by atoms with van der Waals surface area (Å²) in [5, 5.41) is 2.87. The Kier molecular flexibility index (Phi) is 4.59. The molecule has 0 fully saturated rings. The number of anilines is 3. The van der Waals surface area contributed by atoms with Crippen LogP contribution in [0.25, 0.3) is 0 Å². The van der Waals surface area contributed by atoms with E-state index in [1.165, 1.54) is 11.1 Å². The molecule has 1 unspecified atom stereocenters. The molecule has 0 saturated carbocycles. The van der Waals surface area contributed by atoms with Gasteiger partial charge in [0.2, 0.25) is 0 Å². The maximum atomic E-state index is 12.4. The average Bonchev–Trinajstić information content (AvgIpc) is 3.04. The van der Waals surface area contributed by atoms with Crippen molar-refractivity contribution >= 4 is 23.1 Å². The van der Waals surface area contributed by atoms with Gasteiger partial charge in [0.15, 0.2) is 5.82 Å². The van der Waals surface area contributed by atoms with Crippen LogP contribution in [0.2, 0.25) is 0 Å². The van der Waals surface area contributed by atoms with Gasteiger partial charge in [0.05, 0.1) is 12.4 Å². The van der Waals surface area contributed by atoms with E-state index in [0.717, 1.165) is 30.0 Å². The number of nitrogens with zero attached hydrogens (tertiary/aromatic N) is 3. The largest absolute Gasteiger partial charge is 0.322 e. The second-order valence-corrected chi connectivity index (χ2v) is 6.82. The fourth-order valence-corrected chi connectivity index (χ4v) is 3.50. The van der Waals surface area contributed by atoms with Crippen LogP contribution in [0.5, 0.6) is 0 Å². The molecule has 2 heterocycles. The molecule has 0 aliphatic carbocycles. The Bertz CT molecular complexity index is 951. The van der Waals surface area contributed by atoms with Crippen molar-refractivity contribution in [2.75, 3.05) is 10.2 Å². The molecule has 0 spiro atoms. The fourth-order valence-electron chi connectivity index (χ4n) is 3.50. The Morgan fingerprint density at radius 2 is 1.89 bits per heavy atom. The number of fused-ring (bicyclic) bond motifs is 1. The number of benzene rings is 2. The maximum absolute atomic E-state index is 12.4. The van der Waals surface area contributed by atoms with Crippen LogP contribution in [0.3, 0.4) is 0 Å². The summed E-state index contributed by atoms with van der Waals surface area (Å²) in [5.74, 6) is 0.504. The van der Waals surface area contributed by atoms with Crippen LogP contribution in [-0.2, 0) is 12.8 Å². The summed E-state index contributed by atoms with van der Waals surface area (Å²) in [6.07, 6.45) is 5.17.